The van der Waals surface area contributed by atoms with Gasteiger partial charge in [0.2, 0.25) is 0 Å². The number of carboxylic acid groups (broad SMARTS) is 2. The van der Waals surface area contributed by atoms with Gasteiger partial charge in [-0.15, -0.1) is 0 Å². The number of carbonyl (C=O) groups is 1. The van der Waals surface area contributed by atoms with E-state index in [0.717, 1.165) is 0 Å². The Labute approximate surface area is 118 Å². The van der Waals surface area contributed by atoms with Crippen molar-refractivity contribution in [3.63, 3.8) is 0 Å². The maximum atomic E-state index is 8.56. The van der Waals surface area contributed by atoms with E-state index in [0.29, 0.717) is 0 Å². The summed E-state index contributed by atoms with van der Waals surface area (Å²) in [5, 5.41) is 13.9. The second kappa shape index (κ2) is 10.3. The van der Waals surface area contributed by atoms with E-state index in [-0.39, 0.29) is 99.9 Å². The summed E-state index contributed by atoms with van der Waals surface area (Å²) in [6.07, 6.45) is -1.83. The van der Waals surface area contributed by atoms with E-state index in [1.807, 2.05) is 0 Å². The van der Waals surface area contributed by atoms with E-state index in [9.17, 15) is 0 Å². The van der Waals surface area contributed by atoms with Crippen molar-refractivity contribution < 1.29 is 16.4 Å². The molecule has 0 unspecified atom stereocenters. The number of hydrogen-bond donors (Lipinski definition) is 2. The SMILES string of the molecule is O=C(O)O.[CsH].[HH].[NaH]. The Morgan fingerprint density at radius 3 is 1.50 bits per heavy atom. The monoisotopic (exact) mass is 222 g/mol. The molecule has 3 nitrogen and oxygen atoms in total. The van der Waals surface area contributed by atoms with Crippen molar-refractivity contribution in [3.05, 3.63) is 0 Å². The Bertz CT molecular complexity index is 37.9. The average molecular weight is 222 g/mol. The van der Waals surface area contributed by atoms with Gasteiger partial charge in [0.15, 0.2) is 0 Å². The van der Waals surface area contributed by atoms with Gasteiger partial charge in [-0.2, -0.15) is 0 Å². The Kier molecular flexibility index (Phi) is 27.1. The van der Waals surface area contributed by atoms with E-state index in [4.69, 9.17) is 15.0 Å². The van der Waals surface area contributed by atoms with Crippen LogP contribution in [-0.2, 0) is 0 Å². The minimum atomic E-state index is -1.83. The van der Waals surface area contributed by atoms with Gasteiger partial charge in [-0.25, -0.2) is 4.79 Å². The third-order valence-electron chi connectivity index (χ3n) is 0. The zero-order chi connectivity index (χ0) is 3.58. The van der Waals surface area contributed by atoms with Gasteiger partial charge in [-0.3, -0.25) is 0 Å². The molecule has 0 heterocycles. The van der Waals surface area contributed by atoms with Crippen LogP contribution in [0.4, 0.5) is 4.79 Å². The minimum absolute atomic E-state index is 0. The summed E-state index contributed by atoms with van der Waals surface area (Å²) in [5.74, 6) is 0. The molecule has 30 valence electrons. The first-order valence-electron chi connectivity index (χ1n) is 0.651. The summed E-state index contributed by atoms with van der Waals surface area (Å²) < 4.78 is 0. The summed E-state index contributed by atoms with van der Waals surface area (Å²) in [4.78, 5) is 8.56. The normalized spacial score (nSPS) is 4.00. The third kappa shape index (κ3) is 33.2. The van der Waals surface area contributed by atoms with Crippen molar-refractivity contribution in [1.29, 1.82) is 0 Å². The fraction of sp³-hybridized carbons (Fsp3) is 0. The van der Waals surface area contributed by atoms with Crippen molar-refractivity contribution in [2.75, 3.05) is 0 Å². The third-order valence-corrected chi connectivity index (χ3v) is 0. The van der Waals surface area contributed by atoms with Crippen molar-refractivity contribution >= 4 is 105 Å². The molecule has 0 radical (unpaired) electrons. The molecule has 0 rings (SSSR count). The van der Waals surface area contributed by atoms with E-state index in [2.05, 4.69) is 0 Å². The quantitative estimate of drug-likeness (QED) is 0.526. The van der Waals surface area contributed by atoms with Gasteiger partial charge < -0.3 is 10.2 Å². The Balaban J connectivity index is -0.0000000150. The van der Waals surface area contributed by atoms with E-state index in [1.165, 1.54) is 0 Å². The van der Waals surface area contributed by atoms with Crippen LogP contribution in [0.2, 0.25) is 0 Å². The molecular formula is CH6CsNaO3. The molecular weight excluding hydrogens is 216 g/mol. The molecule has 5 heteroatoms. The zero-order valence-corrected chi connectivity index (χ0v) is 1.80. The van der Waals surface area contributed by atoms with Gasteiger partial charge in [-0.05, 0) is 0 Å². The molecule has 0 bridgehead atoms. The molecule has 0 aromatic carbocycles. The molecule has 2 N–H and O–H groups in total. The molecule has 0 aliphatic heterocycles. The predicted molar refractivity (Wildman–Crippen MR) is 27.1 cm³/mol. The average Bonchev–Trinajstić information content (AvgIpc) is 0.811. The zero-order valence-electron chi connectivity index (χ0n) is 1.80. The maximum absolute atomic E-state index is 8.56. The van der Waals surface area contributed by atoms with E-state index < -0.39 is 6.16 Å². The molecule has 0 fully saturated rings. The molecule has 6 heavy (non-hydrogen) atoms. The molecule has 0 amide bonds. The Morgan fingerprint density at radius 2 is 1.50 bits per heavy atom. The van der Waals surface area contributed by atoms with Crippen LogP contribution in [-0.4, -0.2) is 115 Å². The predicted octanol–water partition coefficient (Wildman–Crippen LogP) is -0.829. The summed E-state index contributed by atoms with van der Waals surface area (Å²) in [5.41, 5.74) is 0. The van der Waals surface area contributed by atoms with Gasteiger partial charge in [0, 0.05) is 1.43 Å². The fourth-order valence-electron chi connectivity index (χ4n) is 0. The Hall–Kier alpha value is 2.32. The van der Waals surface area contributed by atoms with Crippen LogP contribution >= 0.6 is 0 Å². The first-order chi connectivity index (χ1) is 1.73. The summed E-state index contributed by atoms with van der Waals surface area (Å²) in [7, 11) is 0. The van der Waals surface area contributed by atoms with Crippen LogP contribution in [0.25, 0.3) is 0 Å². The van der Waals surface area contributed by atoms with Crippen LogP contribution in [0, 0.1) is 0 Å². The first kappa shape index (κ1) is 15.8. The summed E-state index contributed by atoms with van der Waals surface area (Å²) in [6.45, 7) is 0. The van der Waals surface area contributed by atoms with Gasteiger partial charge in [-0.1, -0.05) is 0 Å². The number of hydrogen-bond acceptors (Lipinski definition) is 1. The molecule has 0 saturated carbocycles. The molecule has 0 aliphatic rings. The van der Waals surface area contributed by atoms with Gasteiger partial charge in [0.05, 0.1) is 0 Å². The second-order valence-electron chi connectivity index (χ2n) is 0.283. The van der Waals surface area contributed by atoms with Gasteiger partial charge >= 0.3 is 105 Å². The van der Waals surface area contributed by atoms with Crippen LogP contribution in [0.5, 0.6) is 0 Å². The van der Waals surface area contributed by atoms with E-state index in [1.54, 1.807) is 0 Å². The molecule has 0 saturated heterocycles. The van der Waals surface area contributed by atoms with Gasteiger partial charge in [0.25, 0.3) is 0 Å². The first-order valence-corrected chi connectivity index (χ1v) is 0.651. The molecule has 0 atom stereocenters. The second-order valence-corrected chi connectivity index (χ2v) is 0.283. The molecule has 0 aromatic rings. The topological polar surface area (TPSA) is 57.5 Å². The summed E-state index contributed by atoms with van der Waals surface area (Å²) >= 11 is 0. The van der Waals surface area contributed by atoms with Crippen LogP contribution in [0.15, 0.2) is 0 Å². The Morgan fingerprint density at radius 1 is 1.50 bits per heavy atom. The standard InChI is InChI=1S/CH2O3.Cs.Na.H2.2H/c2-1(3)4;;;;;/h(H2,2,3,4);;;1H;;. The van der Waals surface area contributed by atoms with E-state index >= 15 is 0 Å². The fourth-order valence-corrected chi connectivity index (χ4v) is 0. The van der Waals surface area contributed by atoms with Crippen molar-refractivity contribution in [3.8, 4) is 0 Å². The van der Waals surface area contributed by atoms with Crippen molar-refractivity contribution in [1.82, 2.24) is 0 Å². The summed E-state index contributed by atoms with van der Waals surface area (Å²) in [6, 6.07) is 0. The molecule has 0 spiro atoms. The van der Waals surface area contributed by atoms with Crippen LogP contribution in [0.1, 0.15) is 1.43 Å². The van der Waals surface area contributed by atoms with Gasteiger partial charge in [0.1, 0.15) is 0 Å². The molecule has 0 aliphatic carbocycles. The van der Waals surface area contributed by atoms with Crippen molar-refractivity contribution in [2.24, 2.45) is 0 Å². The van der Waals surface area contributed by atoms with Crippen molar-refractivity contribution in [2.45, 2.75) is 0 Å². The van der Waals surface area contributed by atoms with Crippen LogP contribution < -0.4 is 0 Å². The molecule has 0 aromatic heterocycles. The number of rotatable bonds is 0. The van der Waals surface area contributed by atoms with Crippen LogP contribution in [0.3, 0.4) is 0 Å².